The summed E-state index contributed by atoms with van der Waals surface area (Å²) in [4.78, 5) is 16.4. The smallest absolute Gasteiger partial charge is 0.262 e. The standard InChI is InChI=1S/C13H14Cl2N2O2/c1-2-3-4-5-17-7-16-11-10(13(17)19)8(14)6-9(15)12(11)18/h6-7,18H,2-5H2,1H3. The Morgan fingerprint density at radius 3 is 2.74 bits per heavy atom. The molecule has 6 heteroatoms. The minimum atomic E-state index is -0.252. The van der Waals surface area contributed by atoms with Gasteiger partial charge >= 0.3 is 0 Å². The third-order valence-electron chi connectivity index (χ3n) is 2.98. The van der Waals surface area contributed by atoms with Gasteiger partial charge in [0.05, 0.1) is 21.8 Å². The molecule has 4 nitrogen and oxygen atoms in total. The van der Waals surface area contributed by atoms with Crippen molar-refractivity contribution in [1.82, 2.24) is 9.55 Å². The Labute approximate surface area is 120 Å². The normalized spacial score (nSPS) is 11.1. The summed E-state index contributed by atoms with van der Waals surface area (Å²) >= 11 is 11.8. The second-order valence-corrected chi connectivity index (χ2v) is 5.18. The first-order chi connectivity index (χ1) is 9.06. The molecular formula is C13H14Cl2N2O2. The Kier molecular flexibility index (Phi) is 4.32. The number of rotatable bonds is 4. The highest BCUT2D eigenvalue weighted by atomic mass is 35.5. The zero-order valence-corrected chi connectivity index (χ0v) is 12.0. The molecule has 0 atom stereocenters. The summed E-state index contributed by atoms with van der Waals surface area (Å²) in [5.74, 6) is -0.209. The number of phenols is 1. The highest BCUT2D eigenvalue weighted by molar-refractivity contribution is 6.39. The molecular weight excluding hydrogens is 287 g/mol. The molecule has 0 amide bonds. The van der Waals surface area contributed by atoms with Crippen LogP contribution in [0.1, 0.15) is 26.2 Å². The minimum Gasteiger partial charge on any atom is -0.504 e. The lowest BCUT2D eigenvalue weighted by Crippen LogP contribution is -2.21. The quantitative estimate of drug-likeness (QED) is 0.878. The zero-order valence-electron chi connectivity index (χ0n) is 10.5. The maximum atomic E-state index is 12.3. The van der Waals surface area contributed by atoms with Crippen molar-refractivity contribution < 1.29 is 5.11 Å². The van der Waals surface area contributed by atoms with E-state index in [0.29, 0.717) is 6.54 Å². The number of benzene rings is 1. The maximum Gasteiger partial charge on any atom is 0.262 e. The van der Waals surface area contributed by atoms with E-state index in [9.17, 15) is 9.90 Å². The molecule has 0 saturated heterocycles. The molecule has 19 heavy (non-hydrogen) atoms. The Bertz CT molecular complexity index is 668. The van der Waals surface area contributed by atoms with Crippen molar-refractivity contribution in [3.63, 3.8) is 0 Å². The van der Waals surface area contributed by atoms with Crippen molar-refractivity contribution in [2.24, 2.45) is 0 Å². The average Bonchev–Trinajstić information content (AvgIpc) is 2.38. The number of phenolic OH excluding ortho intramolecular Hbond substituents is 1. The number of hydrogen-bond donors (Lipinski definition) is 1. The van der Waals surface area contributed by atoms with E-state index in [4.69, 9.17) is 23.2 Å². The fraction of sp³-hybridized carbons (Fsp3) is 0.385. The number of halogens is 2. The lowest BCUT2D eigenvalue weighted by atomic mass is 10.2. The molecule has 0 fully saturated rings. The molecule has 0 bridgehead atoms. The summed E-state index contributed by atoms with van der Waals surface area (Å²) < 4.78 is 1.51. The molecule has 0 unspecified atom stereocenters. The first kappa shape index (κ1) is 14.2. The van der Waals surface area contributed by atoms with E-state index in [1.54, 1.807) is 0 Å². The van der Waals surface area contributed by atoms with Crippen LogP contribution in [0.25, 0.3) is 10.9 Å². The molecule has 102 valence electrons. The number of nitrogens with zero attached hydrogens (tertiary/aromatic N) is 2. The van der Waals surface area contributed by atoms with Gasteiger partial charge in [-0.1, -0.05) is 43.0 Å². The van der Waals surface area contributed by atoms with Crippen LogP contribution < -0.4 is 5.56 Å². The van der Waals surface area contributed by atoms with E-state index >= 15 is 0 Å². The predicted octanol–water partition coefficient (Wildman–Crippen LogP) is 3.60. The number of fused-ring (bicyclic) bond motifs is 1. The van der Waals surface area contributed by atoms with Crippen molar-refractivity contribution in [2.45, 2.75) is 32.7 Å². The Morgan fingerprint density at radius 1 is 1.32 bits per heavy atom. The van der Waals surface area contributed by atoms with Crippen molar-refractivity contribution in [3.05, 3.63) is 32.8 Å². The molecule has 1 aromatic carbocycles. The van der Waals surface area contributed by atoms with Gasteiger partial charge in [0.15, 0.2) is 5.75 Å². The van der Waals surface area contributed by atoms with Crippen molar-refractivity contribution in [3.8, 4) is 5.75 Å². The summed E-state index contributed by atoms with van der Waals surface area (Å²) in [5.41, 5.74) is -0.104. The number of aromatic nitrogens is 2. The van der Waals surface area contributed by atoms with Crippen LogP contribution in [0.5, 0.6) is 5.75 Å². The van der Waals surface area contributed by atoms with Crippen LogP contribution in [-0.2, 0) is 6.54 Å². The molecule has 2 rings (SSSR count). The van der Waals surface area contributed by atoms with Gasteiger partial charge in [-0.2, -0.15) is 0 Å². The lowest BCUT2D eigenvalue weighted by molar-refractivity contribution is 0.480. The highest BCUT2D eigenvalue weighted by Crippen LogP contribution is 2.34. The van der Waals surface area contributed by atoms with Gasteiger partial charge in [0, 0.05) is 6.54 Å². The van der Waals surface area contributed by atoms with Crippen LogP contribution in [-0.4, -0.2) is 14.7 Å². The summed E-state index contributed by atoms with van der Waals surface area (Å²) in [5, 5.41) is 10.3. The SMILES string of the molecule is CCCCCn1cnc2c(O)c(Cl)cc(Cl)c2c1=O. The molecule has 0 aliphatic heterocycles. The predicted molar refractivity (Wildman–Crippen MR) is 77.2 cm³/mol. The van der Waals surface area contributed by atoms with Gasteiger partial charge in [-0.3, -0.25) is 9.36 Å². The summed E-state index contributed by atoms with van der Waals surface area (Å²) in [6, 6.07) is 1.36. The third-order valence-corrected chi connectivity index (χ3v) is 3.57. The average molecular weight is 301 g/mol. The summed E-state index contributed by atoms with van der Waals surface area (Å²) in [7, 11) is 0. The van der Waals surface area contributed by atoms with Crippen molar-refractivity contribution in [2.75, 3.05) is 0 Å². The van der Waals surface area contributed by atoms with Crippen molar-refractivity contribution >= 4 is 34.1 Å². The molecule has 0 spiro atoms. The summed E-state index contributed by atoms with van der Waals surface area (Å²) in [6.07, 6.45) is 4.45. The second-order valence-electron chi connectivity index (χ2n) is 4.36. The van der Waals surface area contributed by atoms with Crippen LogP contribution in [0, 0.1) is 0 Å². The Hall–Kier alpha value is -1.26. The van der Waals surface area contributed by atoms with Gasteiger partial charge in [0.1, 0.15) is 5.52 Å². The van der Waals surface area contributed by atoms with Crippen LogP contribution in [0.2, 0.25) is 10.0 Å². The molecule has 0 aliphatic rings. The zero-order chi connectivity index (χ0) is 14.0. The van der Waals surface area contributed by atoms with Gasteiger partial charge in [-0.05, 0) is 12.5 Å². The Balaban J connectivity index is 2.56. The minimum absolute atomic E-state index is 0.0909. The number of aryl methyl sites for hydroxylation is 1. The van der Waals surface area contributed by atoms with E-state index in [1.807, 2.05) is 0 Å². The van der Waals surface area contributed by atoms with Crippen LogP contribution in [0.15, 0.2) is 17.2 Å². The van der Waals surface area contributed by atoms with Gasteiger partial charge in [-0.15, -0.1) is 0 Å². The van der Waals surface area contributed by atoms with E-state index in [2.05, 4.69) is 11.9 Å². The van der Waals surface area contributed by atoms with Gasteiger partial charge in [-0.25, -0.2) is 4.98 Å². The lowest BCUT2D eigenvalue weighted by Gasteiger charge is -2.08. The molecule has 2 aromatic rings. The van der Waals surface area contributed by atoms with E-state index < -0.39 is 0 Å². The van der Waals surface area contributed by atoms with Gasteiger partial charge in [0.2, 0.25) is 0 Å². The molecule has 0 saturated carbocycles. The topological polar surface area (TPSA) is 55.1 Å². The maximum absolute atomic E-state index is 12.3. The largest absolute Gasteiger partial charge is 0.504 e. The molecule has 1 N–H and O–H groups in total. The first-order valence-corrected chi connectivity index (χ1v) is 6.88. The molecule has 0 radical (unpaired) electrons. The van der Waals surface area contributed by atoms with Crippen LogP contribution in [0.3, 0.4) is 0 Å². The van der Waals surface area contributed by atoms with Crippen LogP contribution in [0.4, 0.5) is 0 Å². The third kappa shape index (κ3) is 2.69. The number of hydrogen-bond acceptors (Lipinski definition) is 3. The van der Waals surface area contributed by atoms with E-state index in [1.165, 1.54) is 17.0 Å². The van der Waals surface area contributed by atoms with Crippen LogP contribution >= 0.6 is 23.2 Å². The molecule has 1 heterocycles. The fourth-order valence-electron chi connectivity index (χ4n) is 1.94. The number of unbranched alkanes of at least 4 members (excludes halogenated alkanes) is 2. The van der Waals surface area contributed by atoms with Crippen molar-refractivity contribution in [1.29, 1.82) is 0 Å². The highest BCUT2D eigenvalue weighted by Gasteiger charge is 2.14. The summed E-state index contributed by atoms with van der Waals surface area (Å²) in [6.45, 7) is 2.69. The van der Waals surface area contributed by atoms with E-state index in [-0.39, 0.29) is 32.3 Å². The van der Waals surface area contributed by atoms with Gasteiger partial charge in [0.25, 0.3) is 5.56 Å². The monoisotopic (exact) mass is 300 g/mol. The fourth-order valence-corrected chi connectivity index (χ4v) is 2.47. The Morgan fingerprint density at radius 2 is 2.05 bits per heavy atom. The van der Waals surface area contributed by atoms with E-state index in [0.717, 1.165) is 19.3 Å². The first-order valence-electron chi connectivity index (χ1n) is 6.12. The second kappa shape index (κ2) is 5.80. The molecule has 1 aromatic heterocycles. The number of aromatic hydroxyl groups is 1. The van der Waals surface area contributed by atoms with Gasteiger partial charge < -0.3 is 5.11 Å². The molecule has 0 aliphatic carbocycles.